The van der Waals surface area contributed by atoms with E-state index in [1.807, 2.05) is 0 Å². The van der Waals surface area contributed by atoms with E-state index in [1.165, 1.54) is 0 Å². The highest BCUT2D eigenvalue weighted by Gasteiger charge is 2.29. The van der Waals surface area contributed by atoms with E-state index in [4.69, 9.17) is 0 Å². The maximum Gasteiger partial charge on any atom is 0.356 e. The van der Waals surface area contributed by atoms with Gasteiger partial charge in [0.15, 0.2) is 34.9 Å². The highest BCUT2D eigenvalue weighted by molar-refractivity contribution is 7.90. The molecule has 3 rings (SSSR count). The number of hydrogen-bond acceptors (Lipinski definition) is 5. The number of hydrogen-bond donors (Lipinski definition) is 0. The average molecular weight is 472 g/mol. The van der Waals surface area contributed by atoms with Crippen molar-refractivity contribution in [2.45, 2.75) is 9.79 Å². The fourth-order valence-electron chi connectivity index (χ4n) is 2.30. The number of imidazole rings is 1. The predicted molar refractivity (Wildman–Crippen MR) is 86.5 cm³/mol. The van der Waals surface area contributed by atoms with Crippen molar-refractivity contribution in [2.24, 2.45) is 0 Å². The Labute approximate surface area is 163 Å². The third-order valence-electron chi connectivity index (χ3n) is 3.74. The summed E-state index contributed by atoms with van der Waals surface area (Å²) in [6.07, 6.45) is 0.731. The van der Waals surface area contributed by atoms with Gasteiger partial charge in [0.2, 0.25) is 0 Å². The molecule has 2 aromatic carbocycles. The first-order valence-electron chi connectivity index (χ1n) is 7.38. The van der Waals surface area contributed by atoms with Crippen LogP contribution in [-0.2, 0) is 20.0 Å². The highest BCUT2D eigenvalue weighted by atomic mass is 32.2. The van der Waals surface area contributed by atoms with Crippen LogP contribution in [-0.4, -0.2) is 24.8 Å². The van der Waals surface area contributed by atoms with Crippen LogP contribution >= 0.6 is 0 Å². The van der Waals surface area contributed by atoms with Gasteiger partial charge in [-0.2, -0.15) is 7.94 Å². The number of rotatable bonds is 4. The molecule has 1 heterocycles. The molecular weight excluding hydrogens is 466 g/mol. The second-order valence-corrected chi connectivity index (χ2v) is 9.21. The minimum absolute atomic E-state index is 0.0523. The van der Waals surface area contributed by atoms with Gasteiger partial charge in [0.05, 0.1) is 9.79 Å². The first-order valence-corrected chi connectivity index (χ1v) is 10.3. The number of benzene rings is 2. The Morgan fingerprint density at radius 2 is 0.833 bits per heavy atom. The van der Waals surface area contributed by atoms with Crippen LogP contribution in [0.2, 0.25) is 0 Å². The van der Waals surface area contributed by atoms with Crippen LogP contribution in [0.4, 0.5) is 26.3 Å². The van der Waals surface area contributed by atoms with Crippen molar-refractivity contribution < 1.29 is 43.2 Å². The molecule has 0 saturated heterocycles. The molecule has 7 nitrogen and oxygen atoms in total. The predicted octanol–water partition coefficient (Wildman–Crippen LogP) is 1.96. The van der Waals surface area contributed by atoms with E-state index in [9.17, 15) is 48.0 Å². The topological polar surface area (TPSA) is 95.2 Å². The Balaban J connectivity index is 2.18. The summed E-state index contributed by atoms with van der Waals surface area (Å²) in [5.74, 6) is -11.6. The van der Waals surface area contributed by atoms with Crippen molar-refractivity contribution in [2.75, 3.05) is 0 Å². The fourth-order valence-corrected chi connectivity index (χ4v) is 4.83. The minimum Gasteiger partial charge on any atom is -0.245 e. The number of halogens is 6. The molecule has 0 aliphatic heterocycles. The van der Waals surface area contributed by atoms with E-state index in [2.05, 4.69) is 0 Å². The Bertz CT molecular complexity index is 1310. The van der Waals surface area contributed by atoms with Gasteiger partial charge < -0.3 is 0 Å². The van der Waals surface area contributed by atoms with Gasteiger partial charge in [0.25, 0.3) is 20.0 Å². The van der Waals surface area contributed by atoms with Gasteiger partial charge in [-0.05, 0) is 24.3 Å². The number of nitrogens with zero attached hydrogens (tertiary/aromatic N) is 2. The lowest BCUT2D eigenvalue weighted by Gasteiger charge is -2.07. The Kier molecular flexibility index (Phi) is 5.06. The van der Waals surface area contributed by atoms with Crippen molar-refractivity contribution in [1.82, 2.24) is 7.94 Å². The minimum atomic E-state index is -5.11. The number of aromatic nitrogens is 2. The first kappa shape index (κ1) is 21.6. The van der Waals surface area contributed by atoms with Crippen LogP contribution in [0.3, 0.4) is 0 Å². The second-order valence-electron chi connectivity index (χ2n) is 5.58. The fraction of sp³-hybridized carbons (Fsp3) is 0. The third kappa shape index (κ3) is 3.28. The molecular formula is C15H6F6N2O5S2. The summed E-state index contributed by atoms with van der Waals surface area (Å²) in [4.78, 5) is 9.87. The summed E-state index contributed by atoms with van der Waals surface area (Å²) in [7, 11) is -10.2. The molecule has 15 heteroatoms. The molecule has 0 N–H and O–H groups in total. The van der Waals surface area contributed by atoms with Crippen LogP contribution in [0.15, 0.2) is 51.2 Å². The Hall–Kier alpha value is -3.07. The zero-order chi connectivity index (χ0) is 22.6. The van der Waals surface area contributed by atoms with Gasteiger partial charge in [-0.15, -0.1) is 0 Å². The maximum absolute atomic E-state index is 13.3. The van der Waals surface area contributed by atoms with Crippen LogP contribution in [0.25, 0.3) is 0 Å². The Morgan fingerprint density at radius 3 is 1.10 bits per heavy atom. The lowest BCUT2D eigenvalue weighted by Crippen LogP contribution is -2.33. The standard InChI is InChI=1S/C15H6F6N2O5S2/c16-9-3-7(4-10(17)13(9)20)29(25,26)22-1-2-23(15(22)24)30(27,28)8-5-11(18)14(21)12(19)6-8/h1-6H. The van der Waals surface area contributed by atoms with Gasteiger partial charge in [-0.1, -0.05) is 0 Å². The second kappa shape index (κ2) is 7.02. The lowest BCUT2D eigenvalue weighted by atomic mass is 10.3. The quantitative estimate of drug-likeness (QED) is 0.428. The molecule has 0 aliphatic rings. The molecule has 0 saturated carbocycles. The molecule has 0 aliphatic carbocycles. The molecule has 0 fully saturated rings. The molecule has 0 bridgehead atoms. The normalized spacial score (nSPS) is 12.3. The van der Waals surface area contributed by atoms with Crippen molar-refractivity contribution in [3.63, 3.8) is 0 Å². The van der Waals surface area contributed by atoms with Gasteiger partial charge >= 0.3 is 5.69 Å². The summed E-state index contributed by atoms with van der Waals surface area (Å²) in [5, 5.41) is 0. The van der Waals surface area contributed by atoms with Gasteiger partial charge in [-0.3, -0.25) is 0 Å². The molecule has 30 heavy (non-hydrogen) atoms. The van der Waals surface area contributed by atoms with Crippen LogP contribution in [0, 0.1) is 34.9 Å². The van der Waals surface area contributed by atoms with Crippen molar-refractivity contribution >= 4 is 20.0 Å². The van der Waals surface area contributed by atoms with E-state index in [-0.39, 0.29) is 32.2 Å². The summed E-state index contributed by atoms with van der Waals surface area (Å²) in [6, 6.07) is 0.209. The van der Waals surface area contributed by atoms with E-state index < -0.39 is 70.4 Å². The molecule has 3 aromatic rings. The molecule has 0 radical (unpaired) electrons. The first-order chi connectivity index (χ1) is 13.8. The molecule has 160 valence electrons. The maximum atomic E-state index is 13.3. The van der Waals surface area contributed by atoms with Crippen LogP contribution in [0.5, 0.6) is 0 Å². The SMILES string of the molecule is O=c1n(S(=O)(=O)c2cc(F)c(F)c(F)c2)ccn1S(=O)(=O)c1cc(F)c(F)c(F)c1. The zero-order valence-electron chi connectivity index (χ0n) is 14.0. The lowest BCUT2D eigenvalue weighted by molar-refractivity contribution is 0.442. The average Bonchev–Trinajstić information content (AvgIpc) is 3.06. The smallest absolute Gasteiger partial charge is 0.245 e. The van der Waals surface area contributed by atoms with Crippen LogP contribution in [0.1, 0.15) is 0 Å². The molecule has 0 unspecified atom stereocenters. The van der Waals surface area contributed by atoms with Crippen molar-refractivity contribution in [1.29, 1.82) is 0 Å². The summed E-state index contributed by atoms with van der Waals surface area (Å²) >= 11 is 0. The summed E-state index contributed by atoms with van der Waals surface area (Å²) in [6.45, 7) is 0. The van der Waals surface area contributed by atoms with Crippen molar-refractivity contribution in [3.8, 4) is 0 Å². The van der Waals surface area contributed by atoms with E-state index >= 15 is 0 Å². The zero-order valence-corrected chi connectivity index (χ0v) is 15.6. The van der Waals surface area contributed by atoms with Gasteiger partial charge in [-0.25, -0.2) is 48.0 Å². The van der Waals surface area contributed by atoms with E-state index in [0.29, 0.717) is 12.4 Å². The highest BCUT2D eigenvalue weighted by Crippen LogP contribution is 2.21. The Morgan fingerprint density at radius 1 is 0.567 bits per heavy atom. The molecule has 0 atom stereocenters. The largest absolute Gasteiger partial charge is 0.356 e. The summed E-state index contributed by atoms with van der Waals surface area (Å²) in [5.41, 5.74) is -1.84. The van der Waals surface area contributed by atoms with Crippen molar-refractivity contribution in [3.05, 3.63) is 82.0 Å². The van der Waals surface area contributed by atoms with E-state index in [1.54, 1.807) is 0 Å². The molecule has 0 spiro atoms. The third-order valence-corrected chi connectivity index (χ3v) is 7.00. The molecule has 1 aromatic heterocycles. The van der Waals surface area contributed by atoms with E-state index in [0.717, 1.165) is 0 Å². The summed E-state index contributed by atoms with van der Waals surface area (Å²) < 4.78 is 129. The van der Waals surface area contributed by atoms with Crippen LogP contribution < -0.4 is 5.69 Å². The molecule has 0 amide bonds. The monoisotopic (exact) mass is 472 g/mol. The van der Waals surface area contributed by atoms with Gasteiger partial charge in [0.1, 0.15) is 0 Å². The van der Waals surface area contributed by atoms with Gasteiger partial charge in [0, 0.05) is 12.4 Å².